The SMILES string of the molecule is COc1cc2c(c3c1C(=O)C[C@@H](c1ccccc1)O3)[C@@H]1[C@H](O2)C1(C)C. The van der Waals surface area contributed by atoms with Gasteiger partial charge in [-0.25, -0.2) is 0 Å². The molecule has 0 radical (unpaired) electrons. The van der Waals surface area contributed by atoms with Crippen LogP contribution < -0.4 is 14.2 Å². The third-order valence-electron chi connectivity index (χ3n) is 5.84. The van der Waals surface area contributed by atoms with Crippen LogP contribution in [0.1, 0.15) is 53.8 Å². The molecule has 25 heavy (non-hydrogen) atoms. The van der Waals surface area contributed by atoms with Crippen molar-refractivity contribution in [3.05, 3.63) is 53.1 Å². The van der Waals surface area contributed by atoms with Crippen LogP contribution in [0.15, 0.2) is 36.4 Å². The number of carbonyl (C=O) groups is 1. The molecule has 2 aromatic rings. The van der Waals surface area contributed by atoms with Crippen LogP contribution in [0.2, 0.25) is 0 Å². The summed E-state index contributed by atoms with van der Waals surface area (Å²) < 4.78 is 18.0. The van der Waals surface area contributed by atoms with Crippen LogP contribution in [-0.4, -0.2) is 19.0 Å². The molecule has 0 spiro atoms. The molecule has 4 heteroatoms. The molecule has 5 rings (SSSR count). The van der Waals surface area contributed by atoms with Gasteiger partial charge >= 0.3 is 0 Å². The van der Waals surface area contributed by atoms with Crippen molar-refractivity contribution in [3.8, 4) is 17.2 Å². The van der Waals surface area contributed by atoms with Gasteiger partial charge in [-0.05, 0) is 5.56 Å². The second kappa shape index (κ2) is 4.78. The number of fused-ring (bicyclic) bond motifs is 5. The number of ether oxygens (including phenoxy) is 3. The third kappa shape index (κ3) is 1.91. The van der Waals surface area contributed by atoms with E-state index < -0.39 is 0 Å². The Morgan fingerprint density at radius 1 is 1.16 bits per heavy atom. The Balaban J connectivity index is 1.66. The Morgan fingerprint density at radius 2 is 1.92 bits per heavy atom. The zero-order valence-corrected chi connectivity index (χ0v) is 14.5. The molecule has 0 bridgehead atoms. The van der Waals surface area contributed by atoms with Crippen molar-refractivity contribution in [1.29, 1.82) is 0 Å². The van der Waals surface area contributed by atoms with Crippen LogP contribution >= 0.6 is 0 Å². The molecule has 4 nitrogen and oxygen atoms in total. The number of ketones is 1. The average Bonchev–Trinajstić information content (AvgIpc) is 2.96. The van der Waals surface area contributed by atoms with Gasteiger partial charge in [0.05, 0.1) is 13.5 Å². The highest BCUT2D eigenvalue weighted by Gasteiger charge is 2.67. The first-order chi connectivity index (χ1) is 12.0. The van der Waals surface area contributed by atoms with E-state index in [0.29, 0.717) is 23.5 Å². The van der Waals surface area contributed by atoms with E-state index in [1.165, 1.54) is 0 Å². The molecule has 3 atom stereocenters. The highest BCUT2D eigenvalue weighted by molar-refractivity contribution is 6.03. The van der Waals surface area contributed by atoms with Gasteiger partial charge < -0.3 is 14.2 Å². The lowest BCUT2D eigenvalue weighted by Gasteiger charge is -2.29. The largest absolute Gasteiger partial charge is 0.496 e. The van der Waals surface area contributed by atoms with Crippen LogP contribution in [0.5, 0.6) is 17.2 Å². The van der Waals surface area contributed by atoms with Crippen LogP contribution in [0.25, 0.3) is 0 Å². The van der Waals surface area contributed by atoms with Crippen molar-refractivity contribution < 1.29 is 19.0 Å². The van der Waals surface area contributed by atoms with E-state index in [1.807, 2.05) is 36.4 Å². The first-order valence-corrected chi connectivity index (χ1v) is 8.68. The maximum Gasteiger partial charge on any atom is 0.174 e. The summed E-state index contributed by atoms with van der Waals surface area (Å²) in [6.07, 6.45) is 0.220. The Bertz CT molecular complexity index is 885. The number of rotatable bonds is 2. The summed E-state index contributed by atoms with van der Waals surface area (Å²) in [5.74, 6) is 2.36. The summed E-state index contributed by atoms with van der Waals surface area (Å²) in [6, 6.07) is 11.8. The summed E-state index contributed by atoms with van der Waals surface area (Å²) in [6.45, 7) is 4.39. The van der Waals surface area contributed by atoms with Crippen LogP contribution in [0.3, 0.4) is 0 Å². The minimum absolute atomic E-state index is 0.0664. The molecule has 0 N–H and O–H groups in total. The fourth-order valence-electron chi connectivity index (χ4n) is 4.35. The number of Topliss-reactive ketones (excluding diaryl/α,β-unsaturated/α-hetero) is 1. The molecule has 3 aliphatic rings. The summed E-state index contributed by atoms with van der Waals surface area (Å²) in [4.78, 5) is 12.9. The van der Waals surface area contributed by atoms with E-state index in [4.69, 9.17) is 14.2 Å². The second-order valence-corrected chi connectivity index (χ2v) is 7.68. The minimum Gasteiger partial charge on any atom is -0.496 e. The van der Waals surface area contributed by atoms with E-state index in [9.17, 15) is 4.79 Å². The first kappa shape index (κ1) is 14.8. The van der Waals surface area contributed by atoms with Crippen molar-refractivity contribution in [2.24, 2.45) is 5.41 Å². The second-order valence-electron chi connectivity index (χ2n) is 7.68. The molecular formula is C21H20O4. The molecule has 128 valence electrons. The van der Waals surface area contributed by atoms with Gasteiger partial charge in [0.1, 0.15) is 35.0 Å². The Kier molecular flexibility index (Phi) is 2.83. The third-order valence-corrected chi connectivity index (χ3v) is 5.84. The summed E-state index contributed by atoms with van der Waals surface area (Å²) in [7, 11) is 1.58. The van der Waals surface area contributed by atoms with Gasteiger partial charge in [-0.3, -0.25) is 4.79 Å². The van der Waals surface area contributed by atoms with Gasteiger partial charge in [0.25, 0.3) is 0 Å². The molecule has 1 saturated carbocycles. The van der Waals surface area contributed by atoms with E-state index in [1.54, 1.807) is 7.11 Å². The number of benzene rings is 2. The maximum atomic E-state index is 12.9. The summed E-state index contributed by atoms with van der Waals surface area (Å²) in [5.41, 5.74) is 2.71. The normalized spacial score (nSPS) is 27.5. The Labute approximate surface area is 146 Å². The predicted molar refractivity (Wildman–Crippen MR) is 92.7 cm³/mol. The molecule has 0 saturated heterocycles. The molecule has 2 heterocycles. The fourth-order valence-corrected chi connectivity index (χ4v) is 4.35. The van der Waals surface area contributed by atoms with Crippen molar-refractivity contribution in [3.63, 3.8) is 0 Å². The summed E-state index contributed by atoms with van der Waals surface area (Å²) >= 11 is 0. The van der Waals surface area contributed by atoms with Crippen molar-refractivity contribution in [2.75, 3.05) is 7.11 Å². The average molecular weight is 336 g/mol. The standard InChI is InChI=1S/C21H20O4/c1-21(2)18-17-15(25-20(18)21)10-14(23-3)16-12(22)9-13(24-19(16)17)11-7-5-4-6-8-11/h4-8,10,13,18,20H,9H2,1-3H3/t13-,18+,20-/m0/s1. The summed E-state index contributed by atoms with van der Waals surface area (Å²) in [5, 5.41) is 0. The fraction of sp³-hybridized carbons (Fsp3) is 0.381. The smallest absolute Gasteiger partial charge is 0.174 e. The molecule has 0 unspecified atom stereocenters. The molecule has 0 amide bonds. The highest BCUT2D eigenvalue weighted by atomic mass is 16.5. The Hall–Kier alpha value is -2.49. The van der Waals surface area contributed by atoms with Crippen molar-refractivity contribution in [2.45, 2.75) is 38.4 Å². The lowest BCUT2D eigenvalue weighted by Crippen LogP contribution is -2.22. The minimum atomic E-state index is -0.265. The van der Waals surface area contributed by atoms with E-state index >= 15 is 0 Å². The lowest BCUT2D eigenvalue weighted by molar-refractivity contribution is 0.0841. The van der Waals surface area contributed by atoms with Gasteiger partial charge in [0.2, 0.25) is 0 Å². The maximum absolute atomic E-state index is 12.9. The van der Waals surface area contributed by atoms with Crippen molar-refractivity contribution in [1.82, 2.24) is 0 Å². The van der Waals surface area contributed by atoms with Gasteiger partial charge in [0.15, 0.2) is 5.78 Å². The van der Waals surface area contributed by atoms with Gasteiger partial charge in [0, 0.05) is 23.0 Å². The predicted octanol–water partition coefficient (Wildman–Crippen LogP) is 4.29. The molecule has 1 fully saturated rings. The first-order valence-electron chi connectivity index (χ1n) is 8.68. The zero-order valence-electron chi connectivity index (χ0n) is 14.5. The highest BCUT2D eigenvalue weighted by Crippen LogP contribution is 2.70. The molecular weight excluding hydrogens is 316 g/mol. The topological polar surface area (TPSA) is 44.8 Å². The lowest BCUT2D eigenvalue weighted by atomic mass is 9.91. The van der Waals surface area contributed by atoms with Gasteiger partial charge in [-0.2, -0.15) is 0 Å². The van der Waals surface area contributed by atoms with Gasteiger partial charge in [-0.15, -0.1) is 0 Å². The molecule has 2 aliphatic heterocycles. The van der Waals surface area contributed by atoms with Crippen LogP contribution in [0, 0.1) is 5.41 Å². The van der Waals surface area contributed by atoms with E-state index in [0.717, 1.165) is 16.9 Å². The number of carbonyl (C=O) groups excluding carboxylic acids is 1. The molecule has 0 aromatic heterocycles. The number of methoxy groups -OCH3 is 1. The van der Waals surface area contributed by atoms with Gasteiger partial charge in [-0.1, -0.05) is 44.2 Å². The molecule has 1 aliphatic carbocycles. The molecule has 2 aromatic carbocycles. The van der Waals surface area contributed by atoms with Crippen LogP contribution in [-0.2, 0) is 0 Å². The van der Waals surface area contributed by atoms with E-state index in [-0.39, 0.29) is 29.3 Å². The van der Waals surface area contributed by atoms with Crippen molar-refractivity contribution >= 4 is 5.78 Å². The van der Waals surface area contributed by atoms with E-state index in [2.05, 4.69) is 13.8 Å². The Morgan fingerprint density at radius 3 is 2.64 bits per heavy atom. The zero-order chi connectivity index (χ0) is 17.3. The van der Waals surface area contributed by atoms with Crippen LogP contribution in [0.4, 0.5) is 0 Å². The number of hydrogen-bond donors (Lipinski definition) is 0. The monoisotopic (exact) mass is 336 g/mol. The number of hydrogen-bond acceptors (Lipinski definition) is 4. The quantitative estimate of drug-likeness (QED) is 0.821.